The number of rotatable bonds is 33. The molecule has 1 aromatic heterocycles. The molecule has 0 amide bonds. The third-order valence-corrected chi connectivity index (χ3v) is 9.57. The summed E-state index contributed by atoms with van der Waals surface area (Å²) in [6, 6.07) is 2.49. The molecule has 1 heterocycles. The van der Waals surface area contributed by atoms with Crippen LogP contribution in [0.2, 0.25) is 0 Å². The molecule has 1 nitrogen and oxygen atoms in total. The van der Waals surface area contributed by atoms with Gasteiger partial charge >= 0.3 is 0 Å². The highest BCUT2D eigenvalue weighted by atomic mass is 14.9. The van der Waals surface area contributed by atoms with Crippen LogP contribution in [0.3, 0.4) is 0 Å². The first-order valence-corrected chi connectivity index (χ1v) is 19.8. The molecule has 0 aliphatic carbocycles. The van der Waals surface area contributed by atoms with Crippen molar-refractivity contribution < 1.29 is 4.57 Å². The van der Waals surface area contributed by atoms with E-state index in [1.165, 1.54) is 212 Å². The van der Waals surface area contributed by atoms with Crippen molar-refractivity contribution in [2.24, 2.45) is 0 Å². The second kappa shape index (κ2) is 31.6. The topological polar surface area (TPSA) is 3.88 Å². The van der Waals surface area contributed by atoms with Crippen LogP contribution in [0.25, 0.3) is 0 Å². The zero-order valence-corrected chi connectivity index (χ0v) is 29.5. The maximum atomic E-state index is 2.54. The van der Waals surface area contributed by atoms with Crippen LogP contribution >= 0.6 is 0 Å². The molecule has 0 bridgehead atoms. The zero-order valence-electron chi connectivity index (χ0n) is 29.5. The van der Waals surface area contributed by atoms with Gasteiger partial charge in [-0.1, -0.05) is 188 Å². The first kappa shape index (κ1) is 39.2. The van der Waals surface area contributed by atoms with Crippen molar-refractivity contribution in [2.45, 2.75) is 233 Å². The number of aromatic nitrogens is 1. The molecule has 0 saturated heterocycles. The van der Waals surface area contributed by atoms with E-state index in [4.69, 9.17) is 0 Å². The Morgan fingerprint density at radius 3 is 1.05 bits per heavy atom. The third kappa shape index (κ3) is 24.6. The summed E-state index contributed by atoms with van der Waals surface area (Å²) in [6.45, 7) is 8.15. The minimum Gasteiger partial charge on any atom is -0.205 e. The lowest BCUT2D eigenvalue weighted by atomic mass is 9.97. The number of unbranched alkanes of at least 4 members (excludes halogenated alkanes) is 27. The van der Waals surface area contributed by atoms with Crippen molar-refractivity contribution in [3.63, 3.8) is 0 Å². The van der Waals surface area contributed by atoms with E-state index in [2.05, 4.69) is 43.8 Å². The molecule has 0 aliphatic heterocycles. The lowest BCUT2D eigenvalue weighted by Gasteiger charge is -2.10. The van der Waals surface area contributed by atoms with E-state index in [-0.39, 0.29) is 0 Å². The molecule has 0 fully saturated rings. The molecule has 1 heteroatoms. The second-order valence-corrected chi connectivity index (χ2v) is 13.8. The summed E-state index contributed by atoms with van der Waals surface area (Å²) in [5, 5.41) is 0. The van der Waals surface area contributed by atoms with Crippen LogP contribution in [0.5, 0.6) is 0 Å². The monoisotopic (exact) mass is 585 g/mol. The van der Waals surface area contributed by atoms with Gasteiger partial charge in [-0.15, -0.1) is 0 Å². The highest BCUT2D eigenvalue weighted by Gasteiger charge is 2.10. The van der Waals surface area contributed by atoms with Gasteiger partial charge in [0.15, 0.2) is 12.4 Å². The summed E-state index contributed by atoms with van der Waals surface area (Å²) < 4.78 is 2.52. The van der Waals surface area contributed by atoms with Gasteiger partial charge in [0.1, 0.15) is 6.54 Å². The average Bonchev–Trinajstić information content (AvgIpc) is 3.00. The highest BCUT2D eigenvalue weighted by molar-refractivity contribution is 5.21. The molecular weight excluding hydrogens is 506 g/mol. The average molecular weight is 585 g/mol. The van der Waals surface area contributed by atoms with Gasteiger partial charge in [-0.05, 0) is 37.7 Å². The Labute approximate surface area is 266 Å². The van der Waals surface area contributed by atoms with Gasteiger partial charge in [0.25, 0.3) is 0 Å². The van der Waals surface area contributed by atoms with Crippen molar-refractivity contribution in [1.82, 2.24) is 0 Å². The Morgan fingerprint density at radius 2 is 0.667 bits per heavy atom. The van der Waals surface area contributed by atoms with E-state index in [0.29, 0.717) is 0 Å². The van der Waals surface area contributed by atoms with Crippen molar-refractivity contribution >= 4 is 0 Å². The fourth-order valence-corrected chi connectivity index (χ4v) is 6.61. The maximum absolute atomic E-state index is 2.54. The minimum absolute atomic E-state index is 1.21. The molecular formula is C41H78N+. The molecule has 0 N–H and O–H groups in total. The van der Waals surface area contributed by atoms with Crippen LogP contribution in [-0.4, -0.2) is 0 Å². The summed E-state index contributed by atoms with van der Waals surface area (Å²) >= 11 is 0. The minimum atomic E-state index is 1.21. The Morgan fingerprint density at radius 1 is 0.357 bits per heavy atom. The Kier molecular flexibility index (Phi) is 29.4. The maximum Gasteiger partial charge on any atom is 0.172 e. The molecule has 0 spiro atoms. The molecule has 0 saturated carbocycles. The standard InChI is InChI=1S/C41H78N/c1-4-7-10-13-16-17-18-19-20-21-22-23-24-27-30-33-37-42-38-36-40(34-31-28-25-14-11-8-5-2)41(39-42)35-32-29-26-15-12-9-6-3/h36,38-39H,4-35,37H2,1-3H3/q+1. The van der Waals surface area contributed by atoms with Crippen LogP contribution in [0, 0.1) is 0 Å². The molecule has 1 rings (SSSR count). The van der Waals surface area contributed by atoms with Crippen LogP contribution in [0.1, 0.15) is 225 Å². The fourth-order valence-electron chi connectivity index (χ4n) is 6.61. The Balaban J connectivity index is 2.22. The zero-order chi connectivity index (χ0) is 30.2. The van der Waals surface area contributed by atoms with Gasteiger partial charge in [0.05, 0.1) is 0 Å². The largest absolute Gasteiger partial charge is 0.205 e. The Bertz CT molecular complexity index is 665. The van der Waals surface area contributed by atoms with Gasteiger partial charge in [-0.3, -0.25) is 0 Å². The number of pyridine rings is 1. The molecule has 42 heavy (non-hydrogen) atoms. The summed E-state index contributed by atoms with van der Waals surface area (Å²) in [6.07, 6.45) is 50.4. The fraction of sp³-hybridized carbons (Fsp3) is 0.878. The molecule has 0 aromatic carbocycles. The summed E-state index contributed by atoms with van der Waals surface area (Å²) in [4.78, 5) is 0. The van der Waals surface area contributed by atoms with Gasteiger partial charge in [0, 0.05) is 18.1 Å². The second-order valence-electron chi connectivity index (χ2n) is 13.8. The van der Waals surface area contributed by atoms with Crippen molar-refractivity contribution in [1.29, 1.82) is 0 Å². The number of hydrogen-bond acceptors (Lipinski definition) is 0. The van der Waals surface area contributed by atoms with Gasteiger partial charge in [-0.2, -0.15) is 0 Å². The summed E-state index contributed by atoms with van der Waals surface area (Å²) in [5.74, 6) is 0. The molecule has 0 aliphatic rings. The van der Waals surface area contributed by atoms with Crippen molar-refractivity contribution in [3.05, 3.63) is 29.6 Å². The first-order chi connectivity index (χ1) is 20.8. The number of nitrogens with zero attached hydrogens (tertiary/aromatic N) is 1. The quantitative estimate of drug-likeness (QED) is 0.0571. The lowest BCUT2D eigenvalue weighted by molar-refractivity contribution is -0.697. The molecule has 1 aromatic rings. The van der Waals surface area contributed by atoms with E-state index < -0.39 is 0 Å². The van der Waals surface area contributed by atoms with E-state index in [9.17, 15) is 0 Å². The van der Waals surface area contributed by atoms with E-state index in [1.807, 2.05) is 0 Å². The summed E-state index contributed by atoms with van der Waals surface area (Å²) in [7, 11) is 0. The predicted octanol–water partition coefficient (Wildman–Crippen LogP) is 13.8. The van der Waals surface area contributed by atoms with Crippen LogP contribution in [-0.2, 0) is 19.4 Å². The van der Waals surface area contributed by atoms with E-state index >= 15 is 0 Å². The van der Waals surface area contributed by atoms with Gasteiger partial charge in [-0.25, -0.2) is 4.57 Å². The SMILES string of the molecule is CCCCCCCCCCCCCCCCCC[n+]1ccc(CCCCCCCCC)c(CCCCCCCCC)c1. The smallest absolute Gasteiger partial charge is 0.172 e. The number of hydrogen-bond donors (Lipinski definition) is 0. The Hall–Kier alpha value is -0.850. The van der Waals surface area contributed by atoms with E-state index in [1.54, 1.807) is 11.1 Å². The molecule has 0 unspecified atom stereocenters. The summed E-state index contributed by atoms with van der Waals surface area (Å²) in [5.41, 5.74) is 3.31. The van der Waals surface area contributed by atoms with Crippen LogP contribution < -0.4 is 4.57 Å². The van der Waals surface area contributed by atoms with Crippen molar-refractivity contribution in [2.75, 3.05) is 0 Å². The third-order valence-electron chi connectivity index (χ3n) is 9.57. The lowest BCUT2D eigenvalue weighted by Crippen LogP contribution is -2.34. The van der Waals surface area contributed by atoms with E-state index in [0.717, 1.165) is 0 Å². The molecule has 0 atom stereocenters. The van der Waals surface area contributed by atoms with Gasteiger partial charge in [0.2, 0.25) is 0 Å². The van der Waals surface area contributed by atoms with Crippen LogP contribution in [0.4, 0.5) is 0 Å². The van der Waals surface area contributed by atoms with Gasteiger partial charge < -0.3 is 0 Å². The number of aryl methyl sites for hydroxylation is 3. The molecule has 246 valence electrons. The predicted molar refractivity (Wildman–Crippen MR) is 190 cm³/mol. The van der Waals surface area contributed by atoms with Crippen molar-refractivity contribution in [3.8, 4) is 0 Å². The first-order valence-electron chi connectivity index (χ1n) is 19.8. The molecule has 0 radical (unpaired) electrons. The highest BCUT2D eigenvalue weighted by Crippen LogP contribution is 2.18. The normalized spacial score (nSPS) is 11.5. The van der Waals surface area contributed by atoms with Crippen LogP contribution in [0.15, 0.2) is 18.5 Å².